The van der Waals surface area contributed by atoms with Crippen LogP contribution in [0.2, 0.25) is 0 Å². The first kappa shape index (κ1) is 13.0. The first-order valence-corrected chi connectivity index (χ1v) is 6.64. The molecule has 84 valence electrons. The summed E-state index contributed by atoms with van der Waals surface area (Å²) < 4.78 is 1.37. The van der Waals surface area contributed by atoms with Gasteiger partial charge in [-0.25, -0.2) is 0 Å². The molecule has 0 fully saturated rings. The fourth-order valence-corrected chi connectivity index (χ4v) is 2.32. The van der Waals surface area contributed by atoms with Crippen LogP contribution in [0.5, 0.6) is 0 Å². The van der Waals surface area contributed by atoms with Crippen LogP contribution in [0.4, 0.5) is 0 Å². The SMILES string of the molecule is CCN(CC)Cc1cc(C)c(I)cc1C. The minimum absolute atomic E-state index is 1.08. The average molecular weight is 317 g/mol. The highest BCUT2D eigenvalue weighted by Gasteiger charge is 2.06. The molecule has 0 aromatic heterocycles. The van der Waals surface area contributed by atoms with Crippen molar-refractivity contribution in [2.75, 3.05) is 13.1 Å². The Labute approximate surface area is 107 Å². The van der Waals surface area contributed by atoms with Crippen molar-refractivity contribution >= 4 is 22.6 Å². The van der Waals surface area contributed by atoms with E-state index < -0.39 is 0 Å². The van der Waals surface area contributed by atoms with Gasteiger partial charge in [-0.3, -0.25) is 4.90 Å². The Hall–Kier alpha value is -0.0900. The topological polar surface area (TPSA) is 3.24 Å². The molecule has 0 aliphatic carbocycles. The van der Waals surface area contributed by atoms with Crippen molar-refractivity contribution in [3.8, 4) is 0 Å². The molecule has 0 heterocycles. The van der Waals surface area contributed by atoms with E-state index in [-0.39, 0.29) is 0 Å². The van der Waals surface area contributed by atoms with Gasteiger partial charge in [0, 0.05) is 10.1 Å². The zero-order valence-corrected chi connectivity index (χ0v) is 12.3. The summed E-state index contributed by atoms with van der Waals surface area (Å²) in [5.41, 5.74) is 4.27. The third kappa shape index (κ3) is 3.45. The quantitative estimate of drug-likeness (QED) is 0.765. The molecule has 0 amide bonds. The summed E-state index contributed by atoms with van der Waals surface area (Å²) in [5.74, 6) is 0. The molecule has 0 N–H and O–H groups in total. The molecule has 0 saturated carbocycles. The van der Waals surface area contributed by atoms with Gasteiger partial charge < -0.3 is 0 Å². The molecule has 0 spiro atoms. The second kappa shape index (κ2) is 5.85. The van der Waals surface area contributed by atoms with E-state index in [4.69, 9.17) is 0 Å². The van der Waals surface area contributed by atoms with Gasteiger partial charge >= 0.3 is 0 Å². The fraction of sp³-hybridized carbons (Fsp3) is 0.538. The van der Waals surface area contributed by atoms with E-state index >= 15 is 0 Å². The fourth-order valence-electron chi connectivity index (χ4n) is 1.70. The molecule has 0 radical (unpaired) electrons. The van der Waals surface area contributed by atoms with Crippen molar-refractivity contribution in [3.63, 3.8) is 0 Å². The third-order valence-electron chi connectivity index (χ3n) is 2.91. The highest BCUT2D eigenvalue weighted by molar-refractivity contribution is 14.1. The summed E-state index contributed by atoms with van der Waals surface area (Å²) in [6.45, 7) is 12.2. The smallest absolute Gasteiger partial charge is 0.0236 e. The molecule has 0 bridgehead atoms. The predicted octanol–water partition coefficient (Wildman–Crippen LogP) is 3.75. The van der Waals surface area contributed by atoms with E-state index in [1.165, 1.54) is 20.3 Å². The summed E-state index contributed by atoms with van der Waals surface area (Å²) in [6, 6.07) is 4.62. The van der Waals surface area contributed by atoms with Crippen molar-refractivity contribution in [2.24, 2.45) is 0 Å². The van der Waals surface area contributed by atoms with Crippen LogP contribution in [0.3, 0.4) is 0 Å². The van der Waals surface area contributed by atoms with Gasteiger partial charge in [0.25, 0.3) is 0 Å². The Morgan fingerprint density at radius 3 is 2.20 bits per heavy atom. The van der Waals surface area contributed by atoms with Crippen molar-refractivity contribution in [3.05, 3.63) is 32.4 Å². The van der Waals surface area contributed by atoms with E-state index in [1.807, 2.05) is 0 Å². The molecule has 1 rings (SSSR count). The van der Waals surface area contributed by atoms with Gasteiger partial charge in [-0.05, 0) is 72.3 Å². The Morgan fingerprint density at radius 1 is 1.07 bits per heavy atom. The minimum Gasteiger partial charge on any atom is -0.300 e. The molecule has 0 atom stereocenters. The molecule has 0 unspecified atom stereocenters. The van der Waals surface area contributed by atoms with Gasteiger partial charge in [-0.2, -0.15) is 0 Å². The molecule has 15 heavy (non-hydrogen) atoms. The average Bonchev–Trinajstić information content (AvgIpc) is 2.21. The van der Waals surface area contributed by atoms with E-state index in [0.29, 0.717) is 0 Å². The molecule has 0 aliphatic heterocycles. The number of benzene rings is 1. The lowest BCUT2D eigenvalue weighted by Crippen LogP contribution is -2.22. The number of halogens is 1. The number of aryl methyl sites for hydroxylation is 2. The van der Waals surface area contributed by atoms with Crippen LogP contribution in [0.1, 0.15) is 30.5 Å². The van der Waals surface area contributed by atoms with Crippen molar-refractivity contribution in [1.29, 1.82) is 0 Å². The van der Waals surface area contributed by atoms with Crippen LogP contribution < -0.4 is 0 Å². The van der Waals surface area contributed by atoms with Gasteiger partial charge in [0.05, 0.1) is 0 Å². The van der Waals surface area contributed by atoms with Crippen LogP contribution in [0.25, 0.3) is 0 Å². The predicted molar refractivity (Wildman–Crippen MR) is 75.3 cm³/mol. The Balaban J connectivity index is 2.89. The van der Waals surface area contributed by atoms with Crippen LogP contribution in [-0.2, 0) is 6.54 Å². The lowest BCUT2D eigenvalue weighted by atomic mass is 10.1. The summed E-state index contributed by atoms with van der Waals surface area (Å²) in [6.07, 6.45) is 0. The molecule has 0 aliphatic rings. The molecule has 1 nitrogen and oxygen atoms in total. The molecule has 1 aromatic carbocycles. The Bertz CT molecular complexity index is 330. The van der Waals surface area contributed by atoms with Crippen LogP contribution >= 0.6 is 22.6 Å². The van der Waals surface area contributed by atoms with E-state index in [1.54, 1.807) is 0 Å². The maximum Gasteiger partial charge on any atom is 0.0236 e. The van der Waals surface area contributed by atoms with Crippen molar-refractivity contribution in [1.82, 2.24) is 4.90 Å². The van der Waals surface area contributed by atoms with Gasteiger partial charge in [-0.1, -0.05) is 19.9 Å². The second-order valence-electron chi connectivity index (χ2n) is 3.99. The first-order chi connectivity index (χ1) is 7.08. The lowest BCUT2D eigenvalue weighted by molar-refractivity contribution is 0.295. The van der Waals surface area contributed by atoms with Crippen LogP contribution in [0.15, 0.2) is 12.1 Å². The maximum atomic E-state index is 2.45. The zero-order chi connectivity index (χ0) is 11.4. The standard InChI is InChI=1S/C13H20IN/c1-5-15(6-2)9-12-7-11(4)13(14)8-10(12)3/h7-8H,5-6,9H2,1-4H3. The van der Waals surface area contributed by atoms with Crippen molar-refractivity contribution in [2.45, 2.75) is 34.2 Å². The number of hydrogen-bond donors (Lipinski definition) is 0. The van der Waals surface area contributed by atoms with E-state index in [2.05, 4.69) is 67.3 Å². The molecular formula is C13H20IN. The highest BCUT2D eigenvalue weighted by Crippen LogP contribution is 2.19. The number of nitrogens with zero attached hydrogens (tertiary/aromatic N) is 1. The maximum absolute atomic E-state index is 2.45. The summed E-state index contributed by atoms with van der Waals surface area (Å²) >= 11 is 2.41. The molecular weight excluding hydrogens is 297 g/mol. The second-order valence-corrected chi connectivity index (χ2v) is 5.15. The normalized spacial score (nSPS) is 11.1. The number of hydrogen-bond acceptors (Lipinski definition) is 1. The van der Waals surface area contributed by atoms with Crippen LogP contribution in [0, 0.1) is 17.4 Å². The van der Waals surface area contributed by atoms with Gasteiger partial charge in [0.15, 0.2) is 0 Å². The summed E-state index contributed by atoms with van der Waals surface area (Å²) in [7, 11) is 0. The molecule has 0 saturated heterocycles. The van der Waals surface area contributed by atoms with Gasteiger partial charge in [0.2, 0.25) is 0 Å². The number of rotatable bonds is 4. The van der Waals surface area contributed by atoms with Crippen LogP contribution in [-0.4, -0.2) is 18.0 Å². The van der Waals surface area contributed by atoms with Crippen molar-refractivity contribution < 1.29 is 0 Å². The lowest BCUT2D eigenvalue weighted by Gasteiger charge is -2.20. The molecule has 2 heteroatoms. The molecule has 1 aromatic rings. The van der Waals surface area contributed by atoms with Gasteiger partial charge in [-0.15, -0.1) is 0 Å². The third-order valence-corrected chi connectivity index (χ3v) is 4.07. The first-order valence-electron chi connectivity index (χ1n) is 5.56. The Kier molecular flexibility index (Phi) is 5.06. The monoisotopic (exact) mass is 317 g/mol. The minimum atomic E-state index is 1.08. The van der Waals surface area contributed by atoms with Gasteiger partial charge in [0.1, 0.15) is 0 Å². The van der Waals surface area contributed by atoms with E-state index in [0.717, 1.165) is 19.6 Å². The Morgan fingerprint density at radius 2 is 1.67 bits per heavy atom. The van der Waals surface area contributed by atoms with E-state index in [9.17, 15) is 0 Å². The summed E-state index contributed by atoms with van der Waals surface area (Å²) in [4.78, 5) is 2.45. The summed E-state index contributed by atoms with van der Waals surface area (Å²) in [5, 5.41) is 0. The zero-order valence-electron chi connectivity index (χ0n) is 10.1. The highest BCUT2D eigenvalue weighted by atomic mass is 127. The largest absolute Gasteiger partial charge is 0.300 e.